The number of nitrogens with zero attached hydrogens (tertiary/aromatic N) is 1. The van der Waals surface area contributed by atoms with Gasteiger partial charge in [-0.25, -0.2) is 23.2 Å². The highest BCUT2D eigenvalue weighted by Crippen LogP contribution is 2.41. The van der Waals surface area contributed by atoms with Gasteiger partial charge >= 0.3 is 0 Å². The van der Waals surface area contributed by atoms with Crippen LogP contribution >= 0.6 is 11.8 Å². The van der Waals surface area contributed by atoms with E-state index in [0.29, 0.717) is 0 Å². The maximum Gasteiger partial charge on any atom is 0.199 e. The van der Waals surface area contributed by atoms with Crippen molar-refractivity contribution in [2.24, 2.45) is 0 Å². The van der Waals surface area contributed by atoms with Crippen LogP contribution in [0.15, 0.2) is 120 Å². The van der Waals surface area contributed by atoms with Gasteiger partial charge in [0, 0.05) is 22.0 Å². The Hall–Kier alpha value is -2.97. The van der Waals surface area contributed by atoms with Crippen LogP contribution in [0.1, 0.15) is 11.1 Å². The molecule has 7 heteroatoms. The minimum Gasteiger partial charge on any atom is -0.235 e. The molecule has 0 radical (unpaired) electrons. The van der Waals surface area contributed by atoms with E-state index in [9.17, 15) is 0 Å². The predicted molar refractivity (Wildman–Crippen MR) is 128 cm³/mol. The Labute approximate surface area is 206 Å². The van der Waals surface area contributed by atoms with Gasteiger partial charge in [0.2, 0.25) is 0 Å². The predicted octanol–water partition coefficient (Wildman–Crippen LogP) is 1.75. The van der Waals surface area contributed by atoms with Gasteiger partial charge in [0.25, 0.3) is 0 Å². The second-order valence-electron chi connectivity index (χ2n) is 7.54. The standard InChI is InChI=1S/C27H24NS.ClHO4/c1-28(2)25-16-13-21(14-17-25)15-18-26-19-24(22-9-5-3-6-10-22)20-27(29-26)23-11-7-4-8-12-23;2-1(3,4)5/h3-20H,1-2H3;(H,2,3,4,5)/q+1;/p-1. The molecule has 0 saturated heterocycles. The summed E-state index contributed by atoms with van der Waals surface area (Å²) in [5, 5.41) is 0. The van der Waals surface area contributed by atoms with Gasteiger partial charge in [-0.15, -0.1) is 10.2 Å². The fourth-order valence-electron chi connectivity index (χ4n) is 3.21. The molecule has 2 aromatic rings. The van der Waals surface area contributed by atoms with E-state index in [1.807, 2.05) is 11.8 Å². The minimum absolute atomic E-state index is 1.20. The summed E-state index contributed by atoms with van der Waals surface area (Å²) in [5.41, 5.74) is 6.14. The van der Waals surface area contributed by atoms with E-state index in [-0.39, 0.29) is 0 Å². The van der Waals surface area contributed by atoms with E-state index in [1.165, 1.54) is 37.8 Å². The molecule has 4 rings (SSSR count). The third-order valence-electron chi connectivity index (χ3n) is 4.83. The first-order valence-electron chi connectivity index (χ1n) is 10.4. The zero-order valence-corrected chi connectivity index (χ0v) is 20.3. The Morgan fingerprint density at radius 3 is 1.76 bits per heavy atom. The monoisotopic (exact) mass is 493 g/mol. The number of thioether (sulfide) groups is 1. The van der Waals surface area contributed by atoms with Crippen molar-refractivity contribution in [2.45, 2.75) is 0 Å². The highest BCUT2D eigenvalue weighted by Gasteiger charge is 2.13. The minimum atomic E-state index is -4.94. The van der Waals surface area contributed by atoms with E-state index < -0.39 is 10.2 Å². The lowest BCUT2D eigenvalue weighted by Gasteiger charge is -2.17. The van der Waals surface area contributed by atoms with Crippen molar-refractivity contribution in [1.82, 2.24) is 0 Å². The molecule has 0 atom stereocenters. The molecule has 0 unspecified atom stereocenters. The topological polar surface area (TPSA) is 95.2 Å². The van der Waals surface area contributed by atoms with Gasteiger partial charge in [-0.05, 0) is 52.7 Å². The second kappa shape index (κ2) is 11.9. The molecule has 0 spiro atoms. The van der Waals surface area contributed by atoms with Crippen molar-refractivity contribution in [2.75, 3.05) is 14.1 Å². The summed E-state index contributed by atoms with van der Waals surface area (Å²) in [4.78, 5) is 2.51. The van der Waals surface area contributed by atoms with Gasteiger partial charge < -0.3 is 0 Å². The van der Waals surface area contributed by atoms with Crippen LogP contribution < -0.4 is 18.6 Å². The summed E-state index contributed by atoms with van der Waals surface area (Å²) in [7, 11) is -0.820. The van der Waals surface area contributed by atoms with Crippen LogP contribution in [-0.2, 0) is 0 Å². The smallest absolute Gasteiger partial charge is 0.199 e. The summed E-state index contributed by atoms with van der Waals surface area (Å²) in [6.07, 6.45) is 17.6. The lowest BCUT2D eigenvalue weighted by molar-refractivity contribution is -2.00. The van der Waals surface area contributed by atoms with Crippen LogP contribution in [0.3, 0.4) is 0 Å². The lowest BCUT2D eigenvalue weighted by Crippen LogP contribution is -2.68. The van der Waals surface area contributed by atoms with Crippen molar-refractivity contribution in [3.63, 3.8) is 0 Å². The Bertz CT molecular complexity index is 1190. The molecule has 2 aliphatic rings. The van der Waals surface area contributed by atoms with Crippen LogP contribution in [0.25, 0.3) is 10.5 Å². The molecule has 1 aliphatic heterocycles. The molecular formula is C27H24ClNO4S. The van der Waals surface area contributed by atoms with Gasteiger partial charge in [-0.2, -0.15) is 0 Å². The maximum absolute atomic E-state index is 8.49. The fourth-order valence-corrected chi connectivity index (χ4v) is 4.22. The Morgan fingerprint density at radius 2 is 1.24 bits per heavy atom. The first-order chi connectivity index (χ1) is 16.2. The summed E-state index contributed by atoms with van der Waals surface area (Å²) < 4.78 is 36.1. The van der Waals surface area contributed by atoms with E-state index in [1.54, 1.807) is 0 Å². The summed E-state index contributed by atoms with van der Waals surface area (Å²) >= 11 is 1.82. The third kappa shape index (κ3) is 8.43. The van der Waals surface area contributed by atoms with Crippen LogP contribution in [0.4, 0.5) is 0 Å². The fraction of sp³-hybridized carbons (Fsp3) is 0.0741. The average Bonchev–Trinajstić information content (AvgIpc) is 2.83. The van der Waals surface area contributed by atoms with Crippen LogP contribution in [-0.4, -0.2) is 24.4 Å². The van der Waals surface area contributed by atoms with E-state index in [2.05, 4.69) is 128 Å². The largest absolute Gasteiger partial charge is 0.235 e. The molecule has 174 valence electrons. The molecule has 1 heterocycles. The van der Waals surface area contributed by atoms with Gasteiger partial charge in [-0.3, -0.25) is 0 Å². The van der Waals surface area contributed by atoms with Crippen molar-refractivity contribution in [3.05, 3.63) is 131 Å². The summed E-state index contributed by atoms with van der Waals surface area (Å²) in [6, 6.07) is 21.2. The Balaban J connectivity index is 0.000000588. The highest BCUT2D eigenvalue weighted by atomic mass is 35.7. The number of halogens is 1. The number of benzene rings is 2. The number of rotatable bonds is 3. The molecule has 0 fully saturated rings. The van der Waals surface area contributed by atoms with Crippen molar-refractivity contribution >= 4 is 28.0 Å². The SMILES string of the molecule is C[N+](C)=C1C=CC(=CC=C2C=C(c3ccccc3)C=C(c3ccccc3)S2)C=C1.[O-][Cl+3]([O-])([O-])[O-]. The normalized spacial score (nSPS) is 16.5. The number of hydrogen-bond acceptors (Lipinski definition) is 5. The summed E-state index contributed by atoms with van der Waals surface area (Å²) in [5.74, 6) is 0. The molecule has 0 saturated carbocycles. The van der Waals surface area contributed by atoms with E-state index in [0.717, 1.165) is 0 Å². The Kier molecular flexibility index (Phi) is 9.01. The van der Waals surface area contributed by atoms with Crippen molar-refractivity contribution in [3.8, 4) is 0 Å². The van der Waals surface area contributed by atoms with E-state index in [4.69, 9.17) is 18.6 Å². The maximum atomic E-state index is 8.49. The molecule has 0 amide bonds. The number of hydrogen-bond donors (Lipinski definition) is 0. The first-order valence-corrected chi connectivity index (χ1v) is 12.4. The third-order valence-corrected chi connectivity index (χ3v) is 5.89. The molecular weight excluding hydrogens is 470 g/mol. The quantitative estimate of drug-likeness (QED) is 0.607. The van der Waals surface area contributed by atoms with Crippen LogP contribution in [0, 0.1) is 10.2 Å². The zero-order chi connectivity index (χ0) is 24.6. The van der Waals surface area contributed by atoms with Gasteiger partial charge in [0.15, 0.2) is 5.71 Å². The van der Waals surface area contributed by atoms with E-state index >= 15 is 0 Å². The van der Waals surface area contributed by atoms with Crippen molar-refractivity contribution < 1.29 is 33.5 Å². The molecule has 34 heavy (non-hydrogen) atoms. The number of allylic oxidation sites excluding steroid dienone is 10. The first kappa shape index (κ1) is 25.6. The highest BCUT2D eigenvalue weighted by molar-refractivity contribution is 8.12. The average molecular weight is 494 g/mol. The molecule has 2 aromatic carbocycles. The second-order valence-corrected chi connectivity index (χ2v) is 9.41. The molecule has 0 N–H and O–H groups in total. The van der Waals surface area contributed by atoms with Crippen LogP contribution in [0.2, 0.25) is 0 Å². The Morgan fingerprint density at radius 1 is 0.706 bits per heavy atom. The lowest BCUT2D eigenvalue weighted by atomic mass is 10.0. The van der Waals surface area contributed by atoms with Gasteiger partial charge in [-0.1, -0.05) is 78.5 Å². The van der Waals surface area contributed by atoms with Crippen LogP contribution in [0.5, 0.6) is 0 Å². The zero-order valence-electron chi connectivity index (χ0n) is 18.8. The molecule has 0 aromatic heterocycles. The molecule has 1 aliphatic carbocycles. The van der Waals surface area contributed by atoms with Gasteiger partial charge in [0.05, 0.1) is 0 Å². The van der Waals surface area contributed by atoms with Gasteiger partial charge in [0.1, 0.15) is 14.1 Å². The molecule has 0 bridgehead atoms. The van der Waals surface area contributed by atoms with Crippen molar-refractivity contribution in [1.29, 1.82) is 0 Å². The molecule has 5 nitrogen and oxygen atoms in total. The summed E-state index contributed by atoms with van der Waals surface area (Å²) in [6.45, 7) is 0.